The second-order valence-corrected chi connectivity index (χ2v) is 4.17. The average molecular weight is 267 g/mol. The van der Waals surface area contributed by atoms with Gasteiger partial charge in [0.2, 0.25) is 0 Å². The first kappa shape index (κ1) is 14.9. The molecule has 0 aliphatic carbocycles. The van der Waals surface area contributed by atoms with E-state index in [0.29, 0.717) is 6.54 Å². The highest BCUT2D eigenvalue weighted by Gasteiger charge is 2.23. The number of carboxylic acids is 1. The molecule has 1 N–H and O–H groups in total. The van der Waals surface area contributed by atoms with Crippen molar-refractivity contribution in [1.29, 1.82) is 0 Å². The van der Waals surface area contributed by atoms with Crippen LogP contribution in [0.25, 0.3) is 0 Å². The van der Waals surface area contributed by atoms with E-state index in [1.54, 1.807) is 0 Å². The molecule has 0 spiro atoms. The Labute approximate surface area is 111 Å². The lowest BCUT2D eigenvalue weighted by molar-refractivity contribution is -0.385. The number of anilines is 1. The maximum Gasteiger partial charge on any atom is 0.339 e. The first-order chi connectivity index (χ1) is 8.92. The maximum absolute atomic E-state index is 11.2. The van der Waals surface area contributed by atoms with Crippen LogP contribution in [0.4, 0.5) is 11.5 Å². The minimum atomic E-state index is -1.21. The Kier molecular flexibility index (Phi) is 4.80. The molecule has 7 nitrogen and oxygen atoms in total. The van der Waals surface area contributed by atoms with E-state index in [0.717, 1.165) is 18.7 Å². The number of nitro groups is 1. The van der Waals surface area contributed by atoms with Crippen molar-refractivity contribution in [2.75, 3.05) is 11.4 Å². The van der Waals surface area contributed by atoms with E-state index in [9.17, 15) is 20.0 Å². The molecule has 0 amide bonds. The Morgan fingerprint density at radius 3 is 2.63 bits per heavy atom. The predicted molar refractivity (Wildman–Crippen MR) is 70.6 cm³/mol. The number of rotatable bonds is 6. The molecular weight excluding hydrogens is 250 g/mol. The van der Waals surface area contributed by atoms with Crippen LogP contribution in [-0.2, 0) is 0 Å². The molecule has 0 aliphatic heterocycles. The number of hydrogen-bond acceptors (Lipinski definition) is 5. The van der Waals surface area contributed by atoms with Gasteiger partial charge in [0.05, 0.1) is 4.92 Å². The van der Waals surface area contributed by atoms with E-state index < -0.39 is 10.9 Å². The summed E-state index contributed by atoms with van der Waals surface area (Å²) < 4.78 is 0. The molecule has 0 radical (unpaired) electrons. The van der Waals surface area contributed by atoms with Gasteiger partial charge in [-0.1, -0.05) is 6.92 Å². The van der Waals surface area contributed by atoms with Crippen LogP contribution in [0.15, 0.2) is 12.3 Å². The summed E-state index contributed by atoms with van der Waals surface area (Å²) >= 11 is 0. The van der Waals surface area contributed by atoms with Crippen molar-refractivity contribution < 1.29 is 14.8 Å². The summed E-state index contributed by atoms with van der Waals surface area (Å²) in [5, 5.41) is 19.9. The zero-order chi connectivity index (χ0) is 14.6. The average Bonchev–Trinajstić information content (AvgIpc) is 2.39. The number of aromatic carboxylic acids is 1. The Balaban J connectivity index is 3.33. The van der Waals surface area contributed by atoms with Crippen molar-refractivity contribution in [2.45, 2.75) is 33.2 Å². The van der Waals surface area contributed by atoms with Crippen LogP contribution < -0.4 is 4.90 Å². The molecule has 104 valence electrons. The van der Waals surface area contributed by atoms with Gasteiger partial charge in [-0.05, 0) is 20.3 Å². The molecule has 1 rings (SSSR count). The monoisotopic (exact) mass is 267 g/mol. The van der Waals surface area contributed by atoms with Gasteiger partial charge in [-0.3, -0.25) is 10.1 Å². The quantitative estimate of drug-likeness (QED) is 0.627. The summed E-state index contributed by atoms with van der Waals surface area (Å²) in [5.74, 6) is -0.942. The van der Waals surface area contributed by atoms with Gasteiger partial charge in [0, 0.05) is 18.7 Å². The third-order valence-electron chi connectivity index (χ3n) is 3.03. The molecule has 19 heavy (non-hydrogen) atoms. The molecule has 0 saturated heterocycles. The molecule has 0 aliphatic rings. The molecule has 1 aromatic rings. The van der Waals surface area contributed by atoms with E-state index in [1.165, 1.54) is 0 Å². The van der Waals surface area contributed by atoms with Gasteiger partial charge >= 0.3 is 5.97 Å². The van der Waals surface area contributed by atoms with Crippen molar-refractivity contribution in [3.63, 3.8) is 0 Å². The molecule has 0 aromatic carbocycles. The van der Waals surface area contributed by atoms with E-state index in [-0.39, 0.29) is 23.1 Å². The Bertz CT molecular complexity index is 490. The third-order valence-corrected chi connectivity index (χ3v) is 3.03. The highest BCUT2D eigenvalue weighted by Crippen LogP contribution is 2.24. The summed E-state index contributed by atoms with van der Waals surface area (Å²) in [6.45, 7) is 6.42. The minimum absolute atomic E-state index is 0.108. The molecule has 0 saturated carbocycles. The molecule has 0 fully saturated rings. The van der Waals surface area contributed by atoms with Crippen LogP contribution >= 0.6 is 0 Å². The second-order valence-electron chi connectivity index (χ2n) is 4.17. The lowest BCUT2D eigenvalue weighted by Gasteiger charge is -2.29. The standard InChI is InChI=1S/C12H17N3O4/c1-4-8(3)14(5-2)11-10(12(16)17)6-9(7-13-11)15(18)19/h6-8H,4-5H2,1-3H3,(H,16,17). The summed E-state index contributed by atoms with van der Waals surface area (Å²) in [4.78, 5) is 27.1. The smallest absolute Gasteiger partial charge is 0.339 e. The van der Waals surface area contributed by atoms with Crippen LogP contribution in [0.2, 0.25) is 0 Å². The summed E-state index contributed by atoms with van der Waals surface area (Å²) in [6.07, 6.45) is 1.92. The van der Waals surface area contributed by atoms with Gasteiger partial charge < -0.3 is 10.0 Å². The number of aromatic nitrogens is 1. The van der Waals surface area contributed by atoms with Crippen LogP contribution in [0.5, 0.6) is 0 Å². The first-order valence-corrected chi connectivity index (χ1v) is 6.06. The summed E-state index contributed by atoms with van der Waals surface area (Å²) in [7, 11) is 0. The van der Waals surface area contributed by atoms with E-state index in [4.69, 9.17) is 0 Å². The van der Waals surface area contributed by atoms with Crippen LogP contribution in [0, 0.1) is 10.1 Å². The van der Waals surface area contributed by atoms with E-state index in [1.807, 2.05) is 25.7 Å². The van der Waals surface area contributed by atoms with E-state index >= 15 is 0 Å². The molecule has 0 bridgehead atoms. The zero-order valence-electron chi connectivity index (χ0n) is 11.2. The first-order valence-electron chi connectivity index (χ1n) is 6.06. The van der Waals surface area contributed by atoms with Crippen molar-refractivity contribution in [3.8, 4) is 0 Å². The SMILES string of the molecule is CCC(C)N(CC)c1ncc([N+](=O)[O-])cc1C(=O)O. The van der Waals surface area contributed by atoms with Crippen LogP contribution in [0.1, 0.15) is 37.6 Å². The minimum Gasteiger partial charge on any atom is -0.478 e. The van der Waals surface area contributed by atoms with Gasteiger partial charge in [0.15, 0.2) is 0 Å². The Hall–Kier alpha value is -2.18. The zero-order valence-corrected chi connectivity index (χ0v) is 11.2. The Morgan fingerprint density at radius 1 is 1.58 bits per heavy atom. The van der Waals surface area contributed by atoms with Crippen molar-refractivity contribution >= 4 is 17.5 Å². The predicted octanol–water partition coefficient (Wildman–Crippen LogP) is 2.31. The molecular formula is C12H17N3O4. The third kappa shape index (κ3) is 3.18. The van der Waals surface area contributed by atoms with Crippen molar-refractivity contribution in [1.82, 2.24) is 4.98 Å². The molecule has 7 heteroatoms. The second kappa shape index (κ2) is 6.12. The van der Waals surface area contributed by atoms with Gasteiger partial charge in [-0.15, -0.1) is 0 Å². The number of carboxylic acid groups (broad SMARTS) is 1. The highest BCUT2D eigenvalue weighted by molar-refractivity contribution is 5.94. The molecule has 1 heterocycles. The number of nitrogens with zero attached hydrogens (tertiary/aromatic N) is 3. The van der Waals surface area contributed by atoms with Crippen LogP contribution in [-0.4, -0.2) is 33.6 Å². The Morgan fingerprint density at radius 2 is 2.21 bits per heavy atom. The normalized spacial score (nSPS) is 11.9. The van der Waals surface area contributed by atoms with Gasteiger partial charge in [0.25, 0.3) is 5.69 Å². The molecule has 1 aromatic heterocycles. The lowest BCUT2D eigenvalue weighted by Crippen LogP contribution is -2.34. The fourth-order valence-electron chi connectivity index (χ4n) is 1.82. The molecule has 1 atom stereocenters. The van der Waals surface area contributed by atoms with Gasteiger partial charge in [-0.25, -0.2) is 9.78 Å². The van der Waals surface area contributed by atoms with Gasteiger partial charge in [-0.2, -0.15) is 0 Å². The number of hydrogen-bond donors (Lipinski definition) is 1. The number of carbonyl (C=O) groups is 1. The fraction of sp³-hybridized carbons (Fsp3) is 0.500. The number of pyridine rings is 1. The molecule has 1 unspecified atom stereocenters. The maximum atomic E-state index is 11.2. The van der Waals surface area contributed by atoms with Crippen molar-refractivity contribution in [3.05, 3.63) is 27.9 Å². The van der Waals surface area contributed by atoms with Gasteiger partial charge in [0.1, 0.15) is 17.6 Å². The lowest BCUT2D eigenvalue weighted by atomic mass is 10.1. The fourth-order valence-corrected chi connectivity index (χ4v) is 1.82. The highest BCUT2D eigenvalue weighted by atomic mass is 16.6. The largest absolute Gasteiger partial charge is 0.478 e. The topological polar surface area (TPSA) is 96.6 Å². The van der Waals surface area contributed by atoms with Crippen LogP contribution in [0.3, 0.4) is 0 Å². The summed E-state index contributed by atoms with van der Waals surface area (Å²) in [6, 6.07) is 1.16. The summed E-state index contributed by atoms with van der Waals surface area (Å²) in [5.41, 5.74) is -0.460. The van der Waals surface area contributed by atoms with E-state index in [2.05, 4.69) is 4.98 Å². The van der Waals surface area contributed by atoms with Crippen molar-refractivity contribution in [2.24, 2.45) is 0 Å².